The number of aromatic nitrogens is 1. The number of hydrogen-bond acceptors (Lipinski definition) is 4. The molecule has 108 valence electrons. The predicted octanol–water partition coefficient (Wildman–Crippen LogP) is 3.99. The number of benzene rings is 1. The van der Waals surface area contributed by atoms with Gasteiger partial charge in [-0.1, -0.05) is 24.3 Å². The minimum atomic E-state index is 0. The van der Waals surface area contributed by atoms with Crippen LogP contribution in [0.15, 0.2) is 52.9 Å². The summed E-state index contributed by atoms with van der Waals surface area (Å²) >= 11 is 0. The lowest BCUT2D eigenvalue weighted by molar-refractivity contribution is 0.549. The van der Waals surface area contributed by atoms with Crippen molar-refractivity contribution in [2.75, 3.05) is 0 Å². The van der Waals surface area contributed by atoms with Gasteiger partial charge in [0.1, 0.15) is 0 Å². The van der Waals surface area contributed by atoms with Gasteiger partial charge < -0.3 is 4.42 Å². The highest BCUT2D eigenvalue weighted by molar-refractivity contribution is 14.0. The molecule has 0 amide bonds. The molecule has 3 rings (SSSR count). The van der Waals surface area contributed by atoms with E-state index < -0.39 is 0 Å². The Morgan fingerprint density at radius 2 is 2.05 bits per heavy atom. The topological polar surface area (TPSA) is 73.7 Å². The molecule has 21 heavy (non-hydrogen) atoms. The van der Waals surface area contributed by atoms with Gasteiger partial charge >= 0.3 is 0 Å². The van der Waals surface area contributed by atoms with Crippen molar-refractivity contribution in [3.05, 3.63) is 65.4 Å². The molecule has 1 aromatic heterocycles. The van der Waals surface area contributed by atoms with E-state index in [-0.39, 0.29) is 29.7 Å². The molecule has 1 aliphatic carbocycles. The number of halogens is 1. The second-order valence-corrected chi connectivity index (χ2v) is 4.83. The zero-order chi connectivity index (χ0) is 13.9. The largest absolute Gasteiger partial charge is 0.442 e. The van der Waals surface area contributed by atoms with Crippen LogP contribution in [0, 0.1) is 10.8 Å². The third-order valence-corrected chi connectivity index (χ3v) is 3.52. The van der Waals surface area contributed by atoms with Crippen molar-refractivity contribution in [2.45, 2.75) is 19.3 Å². The maximum Gasteiger partial charge on any atom is 0.181 e. The second-order valence-electron chi connectivity index (χ2n) is 4.83. The van der Waals surface area contributed by atoms with Gasteiger partial charge in [-0.05, 0) is 36.5 Å². The van der Waals surface area contributed by atoms with Crippen LogP contribution < -0.4 is 0 Å². The van der Waals surface area contributed by atoms with Gasteiger partial charge in [0.15, 0.2) is 12.2 Å². The van der Waals surface area contributed by atoms with Crippen LogP contribution in [0.1, 0.15) is 29.7 Å². The first-order valence-corrected chi connectivity index (χ1v) is 6.61. The summed E-state index contributed by atoms with van der Waals surface area (Å²) in [6.45, 7) is 0. The van der Waals surface area contributed by atoms with Gasteiger partial charge in [-0.3, -0.25) is 10.8 Å². The van der Waals surface area contributed by atoms with Crippen molar-refractivity contribution in [3.63, 3.8) is 0 Å². The number of allylic oxidation sites excluding steroid dienone is 2. The van der Waals surface area contributed by atoms with Gasteiger partial charge in [0.2, 0.25) is 0 Å². The fourth-order valence-electron chi connectivity index (χ4n) is 2.49. The maximum absolute atomic E-state index is 8.38. The zero-order valence-electron chi connectivity index (χ0n) is 11.4. The van der Waals surface area contributed by atoms with Crippen LogP contribution in [0.3, 0.4) is 0 Å². The van der Waals surface area contributed by atoms with Crippen molar-refractivity contribution < 1.29 is 4.42 Å². The fourth-order valence-corrected chi connectivity index (χ4v) is 2.49. The standard InChI is InChI=1S/C16H15N3O.HI/c17-14(15-9-19-10-20-15)8-12-6-3-5-11-4-1-2-7-13(11)16(12)18;/h1-2,4,7-10,17-18H,3,5-6H2;1H/b12-8-,17-14?,18-16?;. The molecule has 2 aromatic rings. The molecule has 0 unspecified atom stereocenters. The van der Waals surface area contributed by atoms with Crippen LogP contribution in [0.2, 0.25) is 0 Å². The number of oxazole rings is 1. The fraction of sp³-hybridized carbons (Fsp3) is 0.188. The van der Waals surface area contributed by atoms with Crippen molar-refractivity contribution in [1.29, 1.82) is 10.8 Å². The maximum atomic E-state index is 8.38. The summed E-state index contributed by atoms with van der Waals surface area (Å²) < 4.78 is 5.12. The second kappa shape index (κ2) is 6.80. The Morgan fingerprint density at radius 3 is 2.81 bits per heavy atom. The Hall–Kier alpha value is -1.76. The van der Waals surface area contributed by atoms with Crippen LogP contribution in [0.25, 0.3) is 0 Å². The molecule has 0 bridgehead atoms. The van der Waals surface area contributed by atoms with Crippen LogP contribution in [0.5, 0.6) is 0 Å². The van der Waals surface area contributed by atoms with E-state index in [1.54, 1.807) is 6.08 Å². The Bertz CT molecular complexity index is 689. The number of nitrogens with zero attached hydrogens (tertiary/aromatic N) is 1. The van der Waals surface area contributed by atoms with Crippen LogP contribution >= 0.6 is 24.0 Å². The molecule has 1 heterocycles. The van der Waals surface area contributed by atoms with Crippen LogP contribution in [-0.4, -0.2) is 16.4 Å². The lowest BCUT2D eigenvalue weighted by atomic mass is 9.98. The summed E-state index contributed by atoms with van der Waals surface area (Å²) in [6, 6.07) is 8.03. The monoisotopic (exact) mass is 393 g/mol. The van der Waals surface area contributed by atoms with E-state index in [4.69, 9.17) is 15.2 Å². The molecular weight excluding hydrogens is 377 g/mol. The molecule has 0 saturated heterocycles. The molecule has 1 aliphatic rings. The SMILES string of the molecule is I.N=C(/C=C1/CCCc2ccccc2C1=N)c1cnco1. The summed E-state index contributed by atoms with van der Waals surface area (Å²) in [6.07, 6.45) is 7.35. The van der Waals surface area contributed by atoms with E-state index in [0.29, 0.717) is 11.5 Å². The number of aryl methyl sites for hydroxylation is 1. The van der Waals surface area contributed by atoms with Crippen molar-refractivity contribution in [3.8, 4) is 0 Å². The summed E-state index contributed by atoms with van der Waals surface area (Å²) in [5.41, 5.74) is 3.86. The summed E-state index contributed by atoms with van der Waals surface area (Å²) in [5, 5.41) is 16.4. The highest BCUT2D eigenvalue weighted by atomic mass is 127. The Balaban J connectivity index is 0.00000161. The summed E-state index contributed by atoms with van der Waals surface area (Å²) in [4.78, 5) is 3.82. The smallest absolute Gasteiger partial charge is 0.181 e. The van der Waals surface area contributed by atoms with Gasteiger partial charge in [-0.15, -0.1) is 24.0 Å². The zero-order valence-corrected chi connectivity index (χ0v) is 13.8. The van der Waals surface area contributed by atoms with Gasteiger partial charge in [0.05, 0.1) is 17.6 Å². The first-order valence-electron chi connectivity index (χ1n) is 6.61. The molecule has 2 N–H and O–H groups in total. The van der Waals surface area contributed by atoms with Gasteiger partial charge in [0.25, 0.3) is 0 Å². The van der Waals surface area contributed by atoms with Gasteiger partial charge in [-0.2, -0.15) is 0 Å². The summed E-state index contributed by atoms with van der Waals surface area (Å²) in [5.74, 6) is 0.433. The molecule has 1 aromatic carbocycles. The highest BCUT2D eigenvalue weighted by Gasteiger charge is 2.17. The quantitative estimate of drug-likeness (QED) is 0.460. The Morgan fingerprint density at radius 1 is 1.24 bits per heavy atom. The van der Waals surface area contributed by atoms with E-state index in [2.05, 4.69) is 11.1 Å². The average molecular weight is 393 g/mol. The first-order chi connectivity index (χ1) is 9.75. The number of nitrogens with one attached hydrogen (secondary N) is 2. The van der Waals surface area contributed by atoms with E-state index >= 15 is 0 Å². The predicted molar refractivity (Wildman–Crippen MR) is 93.0 cm³/mol. The third kappa shape index (κ3) is 3.29. The third-order valence-electron chi connectivity index (χ3n) is 3.52. The van der Waals surface area contributed by atoms with Crippen LogP contribution in [0.4, 0.5) is 0 Å². The number of hydrogen-bond donors (Lipinski definition) is 2. The average Bonchev–Trinajstić information content (AvgIpc) is 2.95. The van der Waals surface area contributed by atoms with Crippen LogP contribution in [-0.2, 0) is 6.42 Å². The van der Waals surface area contributed by atoms with Crippen molar-refractivity contribution in [2.24, 2.45) is 0 Å². The molecule has 0 aliphatic heterocycles. The highest BCUT2D eigenvalue weighted by Crippen LogP contribution is 2.24. The molecule has 0 fully saturated rings. The van der Waals surface area contributed by atoms with Crippen molar-refractivity contribution in [1.82, 2.24) is 4.98 Å². The first kappa shape index (κ1) is 15.6. The Kier molecular flexibility index (Phi) is 5.06. The molecular formula is C16H16IN3O. The minimum absolute atomic E-state index is 0. The molecule has 0 radical (unpaired) electrons. The van der Waals surface area contributed by atoms with Gasteiger partial charge in [-0.25, -0.2) is 4.98 Å². The van der Waals surface area contributed by atoms with Crippen molar-refractivity contribution >= 4 is 35.4 Å². The molecule has 0 saturated carbocycles. The lowest BCUT2D eigenvalue weighted by Gasteiger charge is -2.07. The lowest BCUT2D eigenvalue weighted by Crippen LogP contribution is -2.06. The molecule has 0 spiro atoms. The number of rotatable bonds is 2. The van der Waals surface area contributed by atoms with E-state index in [1.807, 2.05) is 18.2 Å². The normalized spacial score (nSPS) is 16.0. The number of fused-ring (bicyclic) bond motifs is 1. The molecule has 4 nitrogen and oxygen atoms in total. The van der Waals surface area contributed by atoms with E-state index in [9.17, 15) is 0 Å². The van der Waals surface area contributed by atoms with E-state index in [1.165, 1.54) is 18.2 Å². The molecule has 5 heteroatoms. The summed E-state index contributed by atoms with van der Waals surface area (Å²) in [7, 11) is 0. The molecule has 0 atom stereocenters. The minimum Gasteiger partial charge on any atom is -0.442 e. The van der Waals surface area contributed by atoms with E-state index in [0.717, 1.165) is 30.4 Å². The Labute approximate surface area is 140 Å². The van der Waals surface area contributed by atoms with Gasteiger partial charge in [0, 0.05) is 5.56 Å².